The normalized spacial score (nSPS) is 39.2. The molecule has 1 heterocycles. The van der Waals surface area contributed by atoms with E-state index in [0.717, 1.165) is 26.1 Å². The molecule has 1 saturated heterocycles. The lowest BCUT2D eigenvalue weighted by Gasteiger charge is -2.26. The first-order chi connectivity index (χ1) is 7.25. The van der Waals surface area contributed by atoms with E-state index in [0.29, 0.717) is 12.0 Å². The van der Waals surface area contributed by atoms with E-state index < -0.39 is 0 Å². The van der Waals surface area contributed by atoms with Crippen LogP contribution in [-0.4, -0.2) is 41.8 Å². The van der Waals surface area contributed by atoms with E-state index in [9.17, 15) is 5.11 Å². The second-order valence-electron chi connectivity index (χ2n) is 5.26. The highest BCUT2D eigenvalue weighted by molar-refractivity contribution is 4.82. The molecule has 0 aromatic carbocycles. The fourth-order valence-corrected chi connectivity index (χ4v) is 2.95. The zero-order valence-electron chi connectivity index (χ0n) is 9.57. The number of hydrogen-bond acceptors (Lipinski definition) is 3. The van der Waals surface area contributed by atoms with Gasteiger partial charge in [0.2, 0.25) is 0 Å². The molecule has 88 valence electrons. The maximum atomic E-state index is 9.48. The van der Waals surface area contributed by atoms with Crippen molar-refractivity contribution in [2.45, 2.75) is 50.7 Å². The second-order valence-corrected chi connectivity index (χ2v) is 5.26. The van der Waals surface area contributed by atoms with E-state index in [2.05, 4.69) is 4.90 Å². The minimum Gasteiger partial charge on any atom is -0.392 e. The molecule has 0 spiro atoms. The molecule has 0 bridgehead atoms. The fourth-order valence-electron chi connectivity index (χ4n) is 2.95. The van der Waals surface area contributed by atoms with Gasteiger partial charge in [0.25, 0.3) is 0 Å². The molecule has 0 aromatic rings. The highest BCUT2D eigenvalue weighted by atomic mass is 16.3. The summed E-state index contributed by atoms with van der Waals surface area (Å²) >= 11 is 0. The summed E-state index contributed by atoms with van der Waals surface area (Å²) in [5, 5.41) is 9.48. The Morgan fingerprint density at radius 3 is 2.67 bits per heavy atom. The second kappa shape index (κ2) is 5.28. The van der Waals surface area contributed by atoms with Crippen molar-refractivity contribution in [3.63, 3.8) is 0 Å². The Morgan fingerprint density at radius 2 is 1.93 bits per heavy atom. The van der Waals surface area contributed by atoms with Gasteiger partial charge in [0.1, 0.15) is 0 Å². The van der Waals surface area contributed by atoms with Gasteiger partial charge in [-0.3, -0.25) is 0 Å². The fraction of sp³-hybridized carbons (Fsp3) is 1.00. The Hall–Kier alpha value is -0.120. The number of aliphatic hydroxyl groups excluding tert-OH is 1. The lowest BCUT2D eigenvalue weighted by Crippen LogP contribution is -2.38. The topological polar surface area (TPSA) is 49.5 Å². The molecule has 3 N–H and O–H groups in total. The predicted octanol–water partition coefficient (Wildman–Crippen LogP) is 0.961. The first-order valence-electron chi connectivity index (χ1n) is 6.41. The van der Waals surface area contributed by atoms with Crippen LogP contribution < -0.4 is 5.73 Å². The van der Waals surface area contributed by atoms with Crippen LogP contribution in [0.1, 0.15) is 38.5 Å². The van der Waals surface area contributed by atoms with E-state index in [1.165, 1.54) is 32.1 Å². The Labute approximate surface area is 92.6 Å². The number of aliphatic hydroxyl groups is 1. The van der Waals surface area contributed by atoms with Crippen LogP contribution in [0.4, 0.5) is 0 Å². The number of likely N-dealkylation sites (tertiary alicyclic amines) is 1. The quantitative estimate of drug-likeness (QED) is 0.670. The molecular weight excluding hydrogens is 188 g/mol. The van der Waals surface area contributed by atoms with Gasteiger partial charge in [-0.25, -0.2) is 0 Å². The monoisotopic (exact) mass is 212 g/mol. The molecule has 2 fully saturated rings. The number of nitrogens with zero attached hydrogens (tertiary/aromatic N) is 1. The average Bonchev–Trinajstić information content (AvgIpc) is 2.50. The zero-order chi connectivity index (χ0) is 10.7. The summed E-state index contributed by atoms with van der Waals surface area (Å²) in [7, 11) is 0. The Bertz CT molecular complexity index is 198. The van der Waals surface area contributed by atoms with E-state index in [1.54, 1.807) is 0 Å². The van der Waals surface area contributed by atoms with E-state index in [-0.39, 0.29) is 6.10 Å². The van der Waals surface area contributed by atoms with E-state index >= 15 is 0 Å². The number of β-amino-alcohol motifs (C(OH)–C–C–N with tert-alkyl or cyclic N) is 1. The lowest BCUT2D eigenvalue weighted by molar-refractivity contribution is 0.165. The third-order valence-electron chi connectivity index (χ3n) is 3.96. The first kappa shape index (κ1) is 11.4. The van der Waals surface area contributed by atoms with E-state index in [1.807, 2.05) is 0 Å². The summed E-state index contributed by atoms with van der Waals surface area (Å²) < 4.78 is 0. The first-order valence-corrected chi connectivity index (χ1v) is 6.41. The summed E-state index contributed by atoms with van der Waals surface area (Å²) in [5.41, 5.74) is 6.20. The Morgan fingerprint density at radius 1 is 1.13 bits per heavy atom. The van der Waals surface area contributed by atoms with Crippen LogP contribution in [0.2, 0.25) is 0 Å². The van der Waals surface area contributed by atoms with Crippen LogP contribution in [0.5, 0.6) is 0 Å². The van der Waals surface area contributed by atoms with Gasteiger partial charge in [-0.15, -0.1) is 0 Å². The Balaban J connectivity index is 1.81. The van der Waals surface area contributed by atoms with Crippen LogP contribution in [0, 0.1) is 5.92 Å². The van der Waals surface area contributed by atoms with Gasteiger partial charge in [0.15, 0.2) is 0 Å². The van der Waals surface area contributed by atoms with Crippen molar-refractivity contribution in [3.05, 3.63) is 0 Å². The van der Waals surface area contributed by atoms with Crippen molar-refractivity contribution < 1.29 is 5.11 Å². The van der Waals surface area contributed by atoms with Gasteiger partial charge in [-0.05, 0) is 25.2 Å². The summed E-state index contributed by atoms with van der Waals surface area (Å²) in [4.78, 5) is 2.39. The summed E-state index contributed by atoms with van der Waals surface area (Å²) in [5.74, 6) is 0.665. The molecule has 15 heavy (non-hydrogen) atoms. The average molecular weight is 212 g/mol. The third-order valence-corrected chi connectivity index (χ3v) is 3.96. The minimum atomic E-state index is -0.0907. The van der Waals surface area contributed by atoms with Crippen LogP contribution in [-0.2, 0) is 0 Å². The van der Waals surface area contributed by atoms with Gasteiger partial charge in [-0.1, -0.05) is 19.3 Å². The molecule has 2 rings (SSSR count). The molecule has 2 aliphatic rings. The van der Waals surface area contributed by atoms with E-state index in [4.69, 9.17) is 5.73 Å². The van der Waals surface area contributed by atoms with Gasteiger partial charge in [0.05, 0.1) is 6.10 Å². The predicted molar refractivity (Wildman–Crippen MR) is 61.6 cm³/mol. The molecule has 0 aromatic heterocycles. The smallest absolute Gasteiger partial charge is 0.0679 e. The third kappa shape index (κ3) is 3.16. The molecule has 3 nitrogen and oxygen atoms in total. The van der Waals surface area contributed by atoms with Crippen LogP contribution in [0.3, 0.4) is 0 Å². The largest absolute Gasteiger partial charge is 0.392 e. The molecule has 1 saturated carbocycles. The van der Waals surface area contributed by atoms with Crippen LogP contribution in [0.15, 0.2) is 0 Å². The van der Waals surface area contributed by atoms with Crippen molar-refractivity contribution in [2.75, 3.05) is 19.6 Å². The molecule has 0 radical (unpaired) electrons. The van der Waals surface area contributed by atoms with Crippen molar-refractivity contribution in [1.82, 2.24) is 4.90 Å². The zero-order valence-corrected chi connectivity index (χ0v) is 9.57. The SMILES string of the molecule is NC1CCCCCC1CN1CCC(O)C1. The molecule has 3 atom stereocenters. The minimum absolute atomic E-state index is 0.0907. The summed E-state index contributed by atoms with van der Waals surface area (Å²) in [6, 6.07) is 0.394. The molecule has 3 unspecified atom stereocenters. The van der Waals surface area contributed by atoms with Crippen molar-refractivity contribution >= 4 is 0 Å². The van der Waals surface area contributed by atoms with Gasteiger partial charge < -0.3 is 15.7 Å². The van der Waals surface area contributed by atoms with Crippen molar-refractivity contribution in [3.8, 4) is 0 Å². The van der Waals surface area contributed by atoms with Gasteiger partial charge >= 0.3 is 0 Å². The molecular formula is C12H24N2O. The van der Waals surface area contributed by atoms with Gasteiger partial charge in [0, 0.05) is 25.7 Å². The molecule has 1 aliphatic carbocycles. The van der Waals surface area contributed by atoms with Gasteiger partial charge in [-0.2, -0.15) is 0 Å². The highest BCUT2D eigenvalue weighted by Gasteiger charge is 2.26. The summed E-state index contributed by atoms with van der Waals surface area (Å²) in [6.45, 7) is 3.03. The van der Waals surface area contributed by atoms with Crippen LogP contribution in [0.25, 0.3) is 0 Å². The van der Waals surface area contributed by atoms with Crippen molar-refractivity contribution in [1.29, 1.82) is 0 Å². The molecule has 1 aliphatic heterocycles. The maximum Gasteiger partial charge on any atom is 0.0679 e. The lowest BCUT2D eigenvalue weighted by atomic mass is 9.95. The number of nitrogens with two attached hydrogens (primary N) is 1. The molecule has 3 heteroatoms. The standard InChI is InChI=1S/C12H24N2O/c13-12-5-3-1-2-4-10(12)8-14-7-6-11(15)9-14/h10-12,15H,1-9,13H2. The maximum absolute atomic E-state index is 9.48. The van der Waals surface area contributed by atoms with Crippen molar-refractivity contribution in [2.24, 2.45) is 11.7 Å². The van der Waals surface area contributed by atoms with Crippen LogP contribution >= 0.6 is 0 Å². The highest BCUT2D eigenvalue weighted by Crippen LogP contribution is 2.24. The number of hydrogen-bond donors (Lipinski definition) is 2. The Kier molecular flexibility index (Phi) is 4.00. The number of rotatable bonds is 2. The molecule has 0 amide bonds. The summed E-state index contributed by atoms with van der Waals surface area (Å²) in [6.07, 6.45) is 7.34.